The minimum atomic E-state index is -4.57. The van der Waals surface area contributed by atoms with Crippen molar-refractivity contribution in [3.05, 3.63) is 53.6 Å². The highest BCUT2D eigenvalue weighted by molar-refractivity contribution is 7.90. The number of nitrogens with one attached hydrogen (secondary N) is 1. The molecule has 3 N–H and O–H groups in total. The Kier molecular flexibility index (Phi) is 4.31. The third-order valence-electron chi connectivity index (χ3n) is 2.80. The predicted octanol–water partition coefficient (Wildman–Crippen LogP) is 3.27. The zero-order chi connectivity index (χ0) is 17.4. The Labute approximate surface area is 127 Å². The second-order valence-corrected chi connectivity index (χ2v) is 5.83. The van der Waals surface area contributed by atoms with E-state index in [1.54, 1.807) is 4.72 Å². The Balaban J connectivity index is 2.44. The molecule has 0 atom stereocenters. The molecular weight excluding hydrogens is 343 g/mol. The molecule has 124 valence electrons. The van der Waals surface area contributed by atoms with Crippen molar-refractivity contribution in [3.63, 3.8) is 0 Å². The Morgan fingerprint density at radius 1 is 0.957 bits per heavy atom. The fourth-order valence-electron chi connectivity index (χ4n) is 1.90. The lowest BCUT2D eigenvalue weighted by Gasteiger charge is -2.11. The fraction of sp³-hybridized carbons (Fsp3) is 0.0769. The summed E-state index contributed by atoms with van der Waals surface area (Å²) in [6.07, 6.45) is -4.57. The molecule has 0 aliphatic rings. The second-order valence-electron chi connectivity index (χ2n) is 4.54. The van der Waals surface area contributed by atoms with Crippen LogP contribution in [0, 0.1) is 11.6 Å². The van der Waals surface area contributed by atoms with Crippen LogP contribution in [0.5, 0.6) is 0 Å². The van der Waals surface area contributed by atoms with Crippen LogP contribution in [0.1, 0.15) is 5.56 Å². The van der Waals surface area contributed by atoms with Gasteiger partial charge < -0.3 is 0 Å². The largest absolute Gasteiger partial charge is 0.416 e. The molecule has 2 rings (SSSR count). The van der Waals surface area contributed by atoms with Crippen molar-refractivity contribution in [3.8, 4) is 11.1 Å². The molecule has 2 aromatic carbocycles. The molecule has 0 heterocycles. The Bertz CT molecular complexity index is 809. The van der Waals surface area contributed by atoms with Crippen LogP contribution in [-0.4, -0.2) is 8.42 Å². The number of anilines is 1. The van der Waals surface area contributed by atoms with Crippen LogP contribution in [0.25, 0.3) is 11.1 Å². The first-order valence-electron chi connectivity index (χ1n) is 5.94. The van der Waals surface area contributed by atoms with Crippen LogP contribution in [0.3, 0.4) is 0 Å². The predicted molar refractivity (Wildman–Crippen MR) is 73.5 cm³/mol. The van der Waals surface area contributed by atoms with Gasteiger partial charge in [-0.25, -0.2) is 13.9 Å². The molecular formula is C13H9F5N2O2S. The van der Waals surface area contributed by atoms with Gasteiger partial charge in [-0.15, -0.1) is 0 Å². The Hall–Kier alpha value is -2.20. The Morgan fingerprint density at radius 3 is 1.83 bits per heavy atom. The van der Waals surface area contributed by atoms with Gasteiger partial charge in [0.15, 0.2) is 0 Å². The first-order chi connectivity index (χ1) is 10.5. The normalized spacial score (nSPS) is 12.3. The first-order valence-corrected chi connectivity index (χ1v) is 7.49. The van der Waals surface area contributed by atoms with E-state index in [1.807, 2.05) is 0 Å². The van der Waals surface area contributed by atoms with Crippen molar-refractivity contribution in [2.45, 2.75) is 6.18 Å². The molecule has 0 amide bonds. The molecule has 0 aromatic heterocycles. The smallest absolute Gasteiger partial charge is 0.271 e. The van der Waals surface area contributed by atoms with Crippen molar-refractivity contribution < 1.29 is 30.4 Å². The van der Waals surface area contributed by atoms with Gasteiger partial charge in [0.05, 0.1) is 16.8 Å². The van der Waals surface area contributed by atoms with Crippen LogP contribution in [0.4, 0.5) is 27.6 Å². The van der Waals surface area contributed by atoms with Crippen LogP contribution < -0.4 is 9.86 Å². The van der Waals surface area contributed by atoms with Gasteiger partial charge >= 0.3 is 6.18 Å². The molecule has 0 unspecified atom stereocenters. The Morgan fingerprint density at radius 2 is 1.43 bits per heavy atom. The average molecular weight is 352 g/mol. The van der Waals surface area contributed by atoms with Gasteiger partial charge in [-0.1, -0.05) is 12.1 Å². The number of hydrogen-bond donors (Lipinski definition) is 2. The minimum Gasteiger partial charge on any atom is -0.271 e. The van der Waals surface area contributed by atoms with Gasteiger partial charge in [0.25, 0.3) is 10.2 Å². The molecule has 0 radical (unpaired) electrons. The van der Waals surface area contributed by atoms with Gasteiger partial charge in [-0.2, -0.15) is 21.6 Å². The summed E-state index contributed by atoms with van der Waals surface area (Å²) in [6.45, 7) is 0. The summed E-state index contributed by atoms with van der Waals surface area (Å²) in [5.74, 6) is -2.31. The molecule has 4 nitrogen and oxygen atoms in total. The van der Waals surface area contributed by atoms with Gasteiger partial charge in [0.1, 0.15) is 11.6 Å². The number of rotatable bonds is 3. The molecule has 2 aromatic rings. The summed E-state index contributed by atoms with van der Waals surface area (Å²) in [4.78, 5) is 0. The summed E-state index contributed by atoms with van der Waals surface area (Å²) in [5, 5.41) is 4.68. The lowest BCUT2D eigenvalue weighted by atomic mass is 10.0. The molecule has 23 heavy (non-hydrogen) atoms. The third-order valence-corrected chi connectivity index (χ3v) is 3.32. The number of hydrogen-bond acceptors (Lipinski definition) is 2. The van der Waals surface area contributed by atoms with Gasteiger partial charge in [-0.3, -0.25) is 4.72 Å². The van der Waals surface area contributed by atoms with E-state index in [0.29, 0.717) is 24.3 Å². The monoisotopic (exact) mass is 352 g/mol. The summed E-state index contributed by atoms with van der Waals surface area (Å²) in [5.41, 5.74) is -2.12. The third kappa shape index (κ3) is 4.17. The zero-order valence-corrected chi connectivity index (χ0v) is 12.0. The molecule has 0 saturated carbocycles. The van der Waals surface area contributed by atoms with Crippen LogP contribution in [-0.2, 0) is 16.4 Å². The maximum Gasteiger partial charge on any atom is 0.416 e. The summed E-state index contributed by atoms with van der Waals surface area (Å²) >= 11 is 0. The van der Waals surface area contributed by atoms with Gasteiger partial charge in [0.2, 0.25) is 0 Å². The van der Waals surface area contributed by atoms with Crippen molar-refractivity contribution in [1.82, 2.24) is 0 Å². The van der Waals surface area contributed by atoms with Crippen molar-refractivity contribution in [2.75, 3.05) is 4.72 Å². The molecule has 0 spiro atoms. The minimum absolute atomic E-state index is 0.129. The average Bonchev–Trinajstić information content (AvgIpc) is 2.35. The molecule has 0 fully saturated rings. The topological polar surface area (TPSA) is 72.2 Å². The summed E-state index contributed by atoms with van der Waals surface area (Å²) < 4.78 is 88.7. The quantitative estimate of drug-likeness (QED) is 0.833. The number of halogens is 5. The summed E-state index contributed by atoms with van der Waals surface area (Å²) in [7, 11) is -4.22. The van der Waals surface area contributed by atoms with Gasteiger partial charge in [-0.05, 0) is 29.8 Å². The zero-order valence-electron chi connectivity index (χ0n) is 11.2. The van der Waals surface area contributed by atoms with Crippen molar-refractivity contribution in [1.29, 1.82) is 0 Å². The second kappa shape index (κ2) is 5.78. The lowest BCUT2D eigenvalue weighted by Crippen LogP contribution is -2.21. The van der Waals surface area contributed by atoms with Crippen LogP contribution >= 0.6 is 0 Å². The van der Waals surface area contributed by atoms with E-state index in [9.17, 15) is 30.4 Å². The van der Waals surface area contributed by atoms with E-state index in [0.717, 1.165) is 12.1 Å². The maximum atomic E-state index is 14.0. The standard InChI is InChI=1S/C13H9F5N2O2S/c14-10-5-9(20-23(19,21)22)6-11(15)12(10)7-1-3-8(4-2-7)13(16,17)18/h1-6,20H,(H2,19,21,22). The molecule has 10 heteroatoms. The van der Waals surface area contributed by atoms with E-state index >= 15 is 0 Å². The highest BCUT2D eigenvalue weighted by Gasteiger charge is 2.30. The van der Waals surface area contributed by atoms with E-state index in [4.69, 9.17) is 0 Å². The van der Waals surface area contributed by atoms with Crippen molar-refractivity contribution in [2.24, 2.45) is 5.14 Å². The van der Waals surface area contributed by atoms with E-state index in [2.05, 4.69) is 5.14 Å². The molecule has 0 bridgehead atoms. The lowest BCUT2D eigenvalue weighted by molar-refractivity contribution is -0.137. The van der Waals surface area contributed by atoms with E-state index in [-0.39, 0.29) is 5.56 Å². The number of benzene rings is 2. The van der Waals surface area contributed by atoms with E-state index in [1.165, 1.54) is 0 Å². The van der Waals surface area contributed by atoms with Crippen LogP contribution in [0.15, 0.2) is 36.4 Å². The maximum absolute atomic E-state index is 14.0. The molecule has 0 aliphatic heterocycles. The van der Waals surface area contributed by atoms with Crippen molar-refractivity contribution >= 4 is 15.9 Å². The SMILES string of the molecule is NS(=O)(=O)Nc1cc(F)c(-c2ccc(C(F)(F)F)cc2)c(F)c1. The van der Waals surface area contributed by atoms with Crippen LogP contribution in [0.2, 0.25) is 0 Å². The number of nitrogens with two attached hydrogens (primary N) is 1. The molecule has 0 aliphatic carbocycles. The molecule has 0 saturated heterocycles. The fourth-order valence-corrected chi connectivity index (χ4v) is 2.34. The van der Waals surface area contributed by atoms with E-state index < -0.39 is 44.8 Å². The van der Waals surface area contributed by atoms with Gasteiger partial charge in [0, 0.05) is 0 Å². The number of alkyl halides is 3. The summed E-state index contributed by atoms with van der Waals surface area (Å²) in [6, 6.07) is 4.53. The highest BCUT2D eigenvalue weighted by atomic mass is 32.2. The first kappa shape index (κ1) is 17.2. The highest BCUT2D eigenvalue weighted by Crippen LogP contribution is 2.33.